The number of hydrogen-bond acceptors (Lipinski definition) is 3. The lowest BCUT2D eigenvalue weighted by atomic mass is 9.88. The Bertz CT molecular complexity index is 647. The quantitative estimate of drug-likeness (QED) is 0.943. The minimum absolute atomic E-state index is 0.100. The van der Waals surface area contributed by atoms with E-state index in [1.807, 2.05) is 0 Å². The van der Waals surface area contributed by atoms with Crippen LogP contribution < -0.4 is 0 Å². The van der Waals surface area contributed by atoms with E-state index in [1.54, 1.807) is 10.6 Å². The molecule has 0 amide bonds. The van der Waals surface area contributed by atoms with Gasteiger partial charge < -0.3 is 9.67 Å². The molecule has 1 N–H and O–H groups in total. The summed E-state index contributed by atoms with van der Waals surface area (Å²) in [7, 11) is 0. The summed E-state index contributed by atoms with van der Waals surface area (Å²) < 4.78 is 1.73. The van der Waals surface area contributed by atoms with E-state index in [9.17, 15) is 4.79 Å². The van der Waals surface area contributed by atoms with Gasteiger partial charge in [0.05, 0.1) is 5.02 Å². The molecule has 106 valence electrons. The minimum Gasteiger partial charge on any atom is -0.480 e. The Labute approximate surface area is 121 Å². The SMILES string of the molecule is O=C(O)Cn1c(C2CCCCC2)nc2cc(Cl)cnc21. The molecule has 2 aromatic heterocycles. The molecule has 0 aliphatic heterocycles. The molecule has 1 saturated carbocycles. The summed E-state index contributed by atoms with van der Waals surface area (Å²) >= 11 is 5.94. The highest BCUT2D eigenvalue weighted by molar-refractivity contribution is 6.31. The van der Waals surface area contributed by atoms with Crippen molar-refractivity contribution in [3.8, 4) is 0 Å². The summed E-state index contributed by atoms with van der Waals surface area (Å²) in [5, 5.41) is 9.64. The predicted molar refractivity (Wildman–Crippen MR) is 76.0 cm³/mol. The van der Waals surface area contributed by atoms with E-state index < -0.39 is 5.97 Å². The second-order valence-electron chi connectivity index (χ2n) is 5.28. The molecule has 2 aromatic rings. The zero-order valence-corrected chi connectivity index (χ0v) is 11.8. The van der Waals surface area contributed by atoms with Gasteiger partial charge in [0, 0.05) is 12.1 Å². The molecule has 0 unspecified atom stereocenters. The molecule has 0 saturated heterocycles. The molecule has 2 heterocycles. The smallest absolute Gasteiger partial charge is 0.323 e. The normalized spacial score (nSPS) is 16.6. The van der Waals surface area contributed by atoms with Crippen molar-refractivity contribution in [2.45, 2.75) is 44.6 Å². The predicted octanol–water partition coefficient (Wildman–Crippen LogP) is 3.22. The fourth-order valence-corrected chi connectivity index (χ4v) is 3.12. The first-order valence-corrected chi connectivity index (χ1v) is 7.26. The Morgan fingerprint density at radius 1 is 1.40 bits per heavy atom. The van der Waals surface area contributed by atoms with Crippen LogP contribution in [0.4, 0.5) is 0 Å². The van der Waals surface area contributed by atoms with E-state index in [2.05, 4.69) is 9.97 Å². The Kier molecular flexibility index (Phi) is 3.61. The van der Waals surface area contributed by atoms with E-state index in [0.717, 1.165) is 18.7 Å². The number of nitrogens with zero attached hydrogens (tertiary/aromatic N) is 3. The molecule has 1 aliphatic carbocycles. The molecule has 20 heavy (non-hydrogen) atoms. The van der Waals surface area contributed by atoms with Gasteiger partial charge in [0.1, 0.15) is 17.9 Å². The number of aliphatic carboxylic acids is 1. The molecular weight excluding hydrogens is 278 g/mol. The van der Waals surface area contributed by atoms with Crippen molar-refractivity contribution >= 4 is 28.7 Å². The van der Waals surface area contributed by atoms with Crippen molar-refractivity contribution < 1.29 is 9.90 Å². The number of rotatable bonds is 3. The lowest BCUT2D eigenvalue weighted by Gasteiger charge is -2.21. The minimum atomic E-state index is -0.877. The van der Waals surface area contributed by atoms with Crippen LogP contribution >= 0.6 is 11.6 Å². The first-order chi connectivity index (χ1) is 9.65. The molecule has 0 bridgehead atoms. The van der Waals surface area contributed by atoms with Gasteiger partial charge in [-0.15, -0.1) is 0 Å². The van der Waals surface area contributed by atoms with Crippen molar-refractivity contribution in [2.75, 3.05) is 0 Å². The topological polar surface area (TPSA) is 68.0 Å². The van der Waals surface area contributed by atoms with Gasteiger partial charge in [-0.1, -0.05) is 30.9 Å². The number of carbonyl (C=O) groups is 1. The van der Waals surface area contributed by atoms with Crippen LogP contribution in [0.1, 0.15) is 43.8 Å². The molecule has 1 fully saturated rings. The van der Waals surface area contributed by atoms with Gasteiger partial charge >= 0.3 is 5.97 Å². The van der Waals surface area contributed by atoms with Crippen molar-refractivity contribution in [3.05, 3.63) is 23.1 Å². The molecule has 0 atom stereocenters. The van der Waals surface area contributed by atoms with E-state index in [4.69, 9.17) is 16.7 Å². The molecule has 0 aromatic carbocycles. The summed E-state index contributed by atoms with van der Waals surface area (Å²) in [5.41, 5.74) is 1.29. The third-order valence-corrected chi connectivity index (χ3v) is 4.05. The zero-order valence-electron chi connectivity index (χ0n) is 11.0. The van der Waals surface area contributed by atoms with Gasteiger partial charge in [0.2, 0.25) is 0 Å². The maximum atomic E-state index is 11.1. The highest BCUT2D eigenvalue weighted by Crippen LogP contribution is 2.33. The summed E-state index contributed by atoms with van der Waals surface area (Å²) in [6, 6.07) is 1.74. The van der Waals surface area contributed by atoms with Crippen LogP contribution in [-0.4, -0.2) is 25.6 Å². The fraction of sp³-hybridized carbons (Fsp3) is 0.500. The van der Waals surface area contributed by atoms with Crippen LogP contribution in [0.2, 0.25) is 5.02 Å². The number of halogens is 1. The van der Waals surface area contributed by atoms with Crippen LogP contribution in [-0.2, 0) is 11.3 Å². The van der Waals surface area contributed by atoms with Crippen LogP contribution in [0.3, 0.4) is 0 Å². The summed E-state index contributed by atoms with van der Waals surface area (Å²) in [6.45, 7) is -0.100. The first kappa shape index (κ1) is 13.4. The number of carboxylic acid groups (broad SMARTS) is 1. The molecule has 5 nitrogen and oxygen atoms in total. The maximum Gasteiger partial charge on any atom is 0.323 e. The van der Waals surface area contributed by atoms with E-state index >= 15 is 0 Å². The second-order valence-corrected chi connectivity index (χ2v) is 5.72. The number of pyridine rings is 1. The van der Waals surface area contributed by atoms with Gasteiger partial charge in [-0.3, -0.25) is 4.79 Å². The van der Waals surface area contributed by atoms with Gasteiger partial charge in [-0.2, -0.15) is 0 Å². The number of fused-ring (bicyclic) bond motifs is 1. The maximum absolute atomic E-state index is 11.1. The van der Waals surface area contributed by atoms with Gasteiger partial charge in [0.15, 0.2) is 5.65 Å². The average Bonchev–Trinajstić information content (AvgIpc) is 2.77. The summed E-state index contributed by atoms with van der Waals surface area (Å²) in [5.74, 6) is 0.297. The average molecular weight is 294 g/mol. The number of imidazole rings is 1. The van der Waals surface area contributed by atoms with Crippen LogP contribution in [0, 0.1) is 0 Å². The van der Waals surface area contributed by atoms with Crippen molar-refractivity contribution in [1.82, 2.24) is 14.5 Å². The number of aromatic nitrogens is 3. The van der Waals surface area contributed by atoms with Crippen molar-refractivity contribution in [2.24, 2.45) is 0 Å². The molecule has 0 spiro atoms. The van der Waals surface area contributed by atoms with Crippen LogP contribution in [0.25, 0.3) is 11.2 Å². The molecule has 6 heteroatoms. The van der Waals surface area contributed by atoms with Crippen molar-refractivity contribution in [3.63, 3.8) is 0 Å². The molecule has 3 rings (SSSR count). The fourth-order valence-electron chi connectivity index (χ4n) is 2.97. The Morgan fingerprint density at radius 2 is 2.15 bits per heavy atom. The zero-order chi connectivity index (χ0) is 14.1. The van der Waals surface area contributed by atoms with Crippen LogP contribution in [0.5, 0.6) is 0 Å². The summed E-state index contributed by atoms with van der Waals surface area (Å²) in [4.78, 5) is 20.0. The largest absolute Gasteiger partial charge is 0.480 e. The highest BCUT2D eigenvalue weighted by atomic mass is 35.5. The third-order valence-electron chi connectivity index (χ3n) is 3.84. The standard InChI is InChI=1S/C14H16ClN3O2/c15-10-6-11-14(16-7-10)18(8-12(19)20)13(17-11)9-4-2-1-3-5-9/h6-7,9H,1-5,8H2,(H,19,20). The third kappa shape index (κ3) is 2.50. The Morgan fingerprint density at radius 3 is 2.85 bits per heavy atom. The van der Waals surface area contributed by atoms with E-state index in [1.165, 1.54) is 25.5 Å². The second kappa shape index (κ2) is 5.40. The Hall–Kier alpha value is -1.62. The molecule has 1 aliphatic rings. The number of carboxylic acids is 1. The lowest BCUT2D eigenvalue weighted by molar-refractivity contribution is -0.137. The molecule has 0 radical (unpaired) electrons. The van der Waals surface area contributed by atoms with Gasteiger partial charge in [-0.25, -0.2) is 9.97 Å². The molecular formula is C14H16ClN3O2. The lowest BCUT2D eigenvalue weighted by Crippen LogP contribution is -2.16. The van der Waals surface area contributed by atoms with E-state index in [-0.39, 0.29) is 6.54 Å². The highest BCUT2D eigenvalue weighted by Gasteiger charge is 2.24. The number of hydrogen-bond donors (Lipinski definition) is 1. The Balaban J connectivity index is 2.10. The first-order valence-electron chi connectivity index (χ1n) is 6.88. The summed E-state index contributed by atoms with van der Waals surface area (Å²) in [6.07, 6.45) is 7.27. The van der Waals surface area contributed by atoms with Crippen LogP contribution in [0.15, 0.2) is 12.3 Å². The van der Waals surface area contributed by atoms with Gasteiger partial charge in [0.25, 0.3) is 0 Å². The van der Waals surface area contributed by atoms with Gasteiger partial charge in [-0.05, 0) is 18.9 Å². The van der Waals surface area contributed by atoms with E-state index in [0.29, 0.717) is 22.1 Å². The van der Waals surface area contributed by atoms with Crippen molar-refractivity contribution in [1.29, 1.82) is 0 Å². The monoisotopic (exact) mass is 293 g/mol.